The number of thiazole rings is 1. The van der Waals surface area contributed by atoms with E-state index in [1.807, 2.05) is 21.0 Å². The van der Waals surface area contributed by atoms with Crippen molar-refractivity contribution in [2.45, 2.75) is 20.0 Å². The third-order valence-electron chi connectivity index (χ3n) is 3.96. The molecular formula is C19H23IN4S. The highest BCUT2D eigenvalue weighted by Crippen LogP contribution is 2.18. The maximum atomic E-state index is 4.52. The predicted molar refractivity (Wildman–Crippen MR) is 118 cm³/mol. The number of hydrogen-bond acceptors (Lipinski definition) is 3. The Kier molecular flexibility index (Phi) is 7.19. The minimum Gasteiger partial charge on any atom is -0.352 e. The van der Waals surface area contributed by atoms with Crippen LogP contribution in [-0.2, 0) is 13.1 Å². The van der Waals surface area contributed by atoms with Gasteiger partial charge in [0.2, 0.25) is 0 Å². The summed E-state index contributed by atoms with van der Waals surface area (Å²) in [5.41, 5.74) is 2.35. The van der Waals surface area contributed by atoms with Gasteiger partial charge in [-0.3, -0.25) is 4.99 Å². The topological polar surface area (TPSA) is 40.5 Å². The lowest BCUT2D eigenvalue weighted by atomic mass is 10.0. The van der Waals surface area contributed by atoms with E-state index in [1.54, 1.807) is 11.3 Å². The molecule has 2 aromatic carbocycles. The number of rotatable bonds is 4. The van der Waals surface area contributed by atoms with Crippen molar-refractivity contribution in [3.8, 4) is 0 Å². The van der Waals surface area contributed by atoms with Crippen LogP contribution < -0.4 is 5.32 Å². The highest BCUT2D eigenvalue weighted by Gasteiger charge is 2.09. The molecule has 0 bridgehead atoms. The first kappa shape index (κ1) is 19.7. The third kappa shape index (κ3) is 4.92. The standard InChI is InChI=1S/C19H22N4S.HI/c1-14-22-17(13-24-14)12-23(3)19(20-2)21-11-16-9-6-8-15-7-4-5-10-18(15)16;/h4-10,13H,11-12H2,1-3H3,(H,20,21);1H. The Morgan fingerprint density at radius 2 is 1.96 bits per heavy atom. The Hall–Kier alpha value is -1.67. The first-order chi connectivity index (χ1) is 11.7. The monoisotopic (exact) mass is 466 g/mol. The summed E-state index contributed by atoms with van der Waals surface area (Å²) in [6.07, 6.45) is 0. The lowest BCUT2D eigenvalue weighted by Gasteiger charge is -2.21. The van der Waals surface area contributed by atoms with Crippen LogP contribution in [-0.4, -0.2) is 29.9 Å². The van der Waals surface area contributed by atoms with E-state index in [4.69, 9.17) is 0 Å². The van der Waals surface area contributed by atoms with Gasteiger partial charge in [-0.1, -0.05) is 42.5 Å². The zero-order valence-corrected chi connectivity index (χ0v) is 17.8. The van der Waals surface area contributed by atoms with Crippen molar-refractivity contribution in [3.63, 3.8) is 0 Å². The molecule has 0 aliphatic carbocycles. The van der Waals surface area contributed by atoms with Gasteiger partial charge in [0.1, 0.15) is 0 Å². The number of aryl methyl sites for hydroxylation is 1. The quantitative estimate of drug-likeness (QED) is 0.352. The molecule has 0 unspecified atom stereocenters. The molecule has 4 nitrogen and oxygen atoms in total. The molecule has 25 heavy (non-hydrogen) atoms. The van der Waals surface area contributed by atoms with Crippen LogP contribution in [0.3, 0.4) is 0 Å². The average Bonchev–Trinajstić information content (AvgIpc) is 3.00. The minimum absolute atomic E-state index is 0. The van der Waals surface area contributed by atoms with E-state index in [2.05, 4.69) is 68.0 Å². The second-order valence-electron chi connectivity index (χ2n) is 5.75. The van der Waals surface area contributed by atoms with E-state index in [0.29, 0.717) is 0 Å². The van der Waals surface area contributed by atoms with Crippen LogP contribution in [0.4, 0.5) is 0 Å². The molecule has 1 heterocycles. The van der Waals surface area contributed by atoms with Crippen LogP contribution in [0.5, 0.6) is 0 Å². The average molecular weight is 466 g/mol. The van der Waals surface area contributed by atoms with Crippen LogP contribution in [0.2, 0.25) is 0 Å². The zero-order chi connectivity index (χ0) is 16.9. The molecule has 0 fully saturated rings. The fourth-order valence-corrected chi connectivity index (χ4v) is 3.41. The summed E-state index contributed by atoms with van der Waals surface area (Å²) in [6, 6.07) is 14.9. The molecule has 6 heteroatoms. The molecule has 0 amide bonds. The second kappa shape index (κ2) is 9.15. The van der Waals surface area contributed by atoms with Gasteiger partial charge in [-0.2, -0.15) is 0 Å². The normalized spacial score (nSPS) is 11.2. The number of halogens is 1. The molecule has 3 rings (SSSR count). The van der Waals surface area contributed by atoms with Crippen LogP contribution in [0.25, 0.3) is 10.8 Å². The van der Waals surface area contributed by atoms with E-state index in [-0.39, 0.29) is 24.0 Å². The molecule has 0 atom stereocenters. The van der Waals surface area contributed by atoms with Crippen LogP contribution in [0.1, 0.15) is 16.3 Å². The van der Waals surface area contributed by atoms with E-state index in [0.717, 1.165) is 29.8 Å². The number of benzene rings is 2. The summed E-state index contributed by atoms with van der Waals surface area (Å²) >= 11 is 1.68. The van der Waals surface area contributed by atoms with Gasteiger partial charge < -0.3 is 10.2 Å². The van der Waals surface area contributed by atoms with E-state index >= 15 is 0 Å². The Morgan fingerprint density at radius 3 is 2.68 bits per heavy atom. The molecule has 1 N–H and O–H groups in total. The first-order valence-electron chi connectivity index (χ1n) is 7.97. The molecule has 0 aliphatic rings. The molecule has 0 saturated carbocycles. The van der Waals surface area contributed by atoms with Gasteiger partial charge in [0, 0.05) is 26.0 Å². The number of guanidine groups is 1. The predicted octanol–water partition coefficient (Wildman–Crippen LogP) is 4.43. The zero-order valence-electron chi connectivity index (χ0n) is 14.7. The minimum atomic E-state index is 0. The summed E-state index contributed by atoms with van der Waals surface area (Å²) in [5, 5.41) is 9.19. The van der Waals surface area contributed by atoms with Gasteiger partial charge in [0.05, 0.1) is 17.2 Å². The van der Waals surface area contributed by atoms with Crippen molar-refractivity contribution in [1.29, 1.82) is 0 Å². The highest BCUT2D eigenvalue weighted by atomic mass is 127. The summed E-state index contributed by atoms with van der Waals surface area (Å²) < 4.78 is 0. The van der Waals surface area contributed by atoms with Crippen molar-refractivity contribution < 1.29 is 0 Å². The largest absolute Gasteiger partial charge is 0.352 e. The molecule has 0 radical (unpaired) electrons. The van der Waals surface area contributed by atoms with Gasteiger partial charge >= 0.3 is 0 Å². The molecule has 0 aliphatic heterocycles. The molecule has 1 aromatic heterocycles. The highest BCUT2D eigenvalue weighted by molar-refractivity contribution is 14.0. The summed E-state index contributed by atoms with van der Waals surface area (Å²) in [7, 11) is 3.85. The summed E-state index contributed by atoms with van der Waals surface area (Å²) in [4.78, 5) is 11.0. The SMILES string of the molecule is CN=C(NCc1cccc2ccccc12)N(C)Cc1csc(C)n1.I. The number of fused-ring (bicyclic) bond motifs is 1. The number of nitrogens with one attached hydrogen (secondary N) is 1. The number of aliphatic imine (C=N–C) groups is 1. The fraction of sp³-hybridized carbons (Fsp3) is 0.263. The van der Waals surface area contributed by atoms with Crippen molar-refractivity contribution in [3.05, 3.63) is 64.1 Å². The first-order valence-corrected chi connectivity index (χ1v) is 8.85. The number of aromatic nitrogens is 1. The second-order valence-corrected chi connectivity index (χ2v) is 6.82. The van der Waals surface area contributed by atoms with Crippen molar-refractivity contribution in [2.24, 2.45) is 4.99 Å². The van der Waals surface area contributed by atoms with E-state index < -0.39 is 0 Å². The molecule has 0 saturated heterocycles. The van der Waals surface area contributed by atoms with Gasteiger partial charge in [-0.05, 0) is 23.3 Å². The fourth-order valence-electron chi connectivity index (χ4n) is 2.80. The maximum Gasteiger partial charge on any atom is 0.194 e. The van der Waals surface area contributed by atoms with Crippen LogP contribution >= 0.6 is 35.3 Å². The van der Waals surface area contributed by atoms with Gasteiger partial charge in [-0.25, -0.2) is 4.98 Å². The molecule has 3 aromatic rings. The number of nitrogens with zero attached hydrogens (tertiary/aromatic N) is 3. The van der Waals surface area contributed by atoms with E-state index in [9.17, 15) is 0 Å². The van der Waals surface area contributed by atoms with Gasteiger partial charge in [0.25, 0.3) is 0 Å². The van der Waals surface area contributed by atoms with Crippen LogP contribution in [0, 0.1) is 6.92 Å². The summed E-state index contributed by atoms with van der Waals surface area (Å²) in [6.45, 7) is 3.52. The molecule has 0 spiro atoms. The smallest absolute Gasteiger partial charge is 0.194 e. The van der Waals surface area contributed by atoms with Crippen LogP contribution in [0.15, 0.2) is 52.8 Å². The third-order valence-corrected chi connectivity index (χ3v) is 4.78. The van der Waals surface area contributed by atoms with Crippen molar-refractivity contribution in [1.82, 2.24) is 15.2 Å². The Bertz CT molecular complexity index is 854. The maximum absolute atomic E-state index is 4.52. The Morgan fingerprint density at radius 1 is 1.20 bits per heavy atom. The number of hydrogen-bond donors (Lipinski definition) is 1. The summed E-state index contributed by atoms with van der Waals surface area (Å²) in [5.74, 6) is 0.869. The van der Waals surface area contributed by atoms with Crippen molar-refractivity contribution >= 4 is 52.0 Å². The molecule has 132 valence electrons. The van der Waals surface area contributed by atoms with Gasteiger partial charge in [0.15, 0.2) is 5.96 Å². The molecular weight excluding hydrogens is 443 g/mol. The van der Waals surface area contributed by atoms with Gasteiger partial charge in [-0.15, -0.1) is 35.3 Å². The van der Waals surface area contributed by atoms with E-state index in [1.165, 1.54) is 16.3 Å². The lowest BCUT2D eigenvalue weighted by Crippen LogP contribution is -2.38. The Balaban J connectivity index is 0.00000225. The Labute approximate surface area is 170 Å². The van der Waals surface area contributed by atoms with Crippen molar-refractivity contribution in [2.75, 3.05) is 14.1 Å². The lowest BCUT2D eigenvalue weighted by molar-refractivity contribution is 0.471.